The van der Waals surface area contributed by atoms with E-state index in [1.807, 2.05) is 6.92 Å². The second-order valence-corrected chi connectivity index (χ2v) is 6.30. The third kappa shape index (κ3) is 2.41. The Morgan fingerprint density at radius 3 is 2.80 bits per heavy atom. The molecule has 0 saturated heterocycles. The second kappa shape index (κ2) is 5.32. The van der Waals surface area contributed by atoms with E-state index in [0.29, 0.717) is 10.4 Å². The molecule has 1 aromatic heterocycles. The summed E-state index contributed by atoms with van der Waals surface area (Å²) in [6.07, 6.45) is 3.47. The minimum atomic E-state index is -0.226. The van der Waals surface area contributed by atoms with E-state index in [-0.39, 0.29) is 5.82 Å². The highest BCUT2D eigenvalue weighted by Gasteiger charge is 2.27. The van der Waals surface area contributed by atoms with Crippen LogP contribution in [0.5, 0.6) is 0 Å². The van der Waals surface area contributed by atoms with Crippen molar-refractivity contribution in [3.05, 3.63) is 33.7 Å². The molecule has 0 unspecified atom stereocenters. The minimum Gasteiger partial charge on any atom is -0.384 e. The van der Waals surface area contributed by atoms with Crippen LogP contribution in [0.3, 0.4) is 0 Å². The lowest BCUT2D eigenvalue weighted by atomic mass is 10.1. The first-order valence-corrected chi connectivity index (χ1v) is 7.94. The maximum atomic E-state index is 14.0. The van der Waals surface area contributed by atoms with E-state index in [9.17, 15) is 4.39 Å². The number of nitrogens with one attached hydrogen (secondary N) is 1. The second-order valence-electron chi connectivity index (χ2n) is 5.51. The van der Waals surface area contributed by atoms with Crippen LogP contribution in [0.2, 0.25) is 0 Å². The van der Waals surface area contributed by atoms with Crippen LogP contribution in [0.15, 0.2) is 16.6 Å². The minimum absolute atomic E-state index is 0.226. The standard InChI is InChI=1S/C16H18BrFN2/c1-3-6-19-13-8-12(10-4-5-10)20-16-9(2)7-11(18)15(17)14(13)16/h7-8,10H,3-6H2,1-2H3,(H,19,20). The number of pyridine rings is 1. The summed E-state index contributed by atoms with van der Waals surface area (Å²) in [6, 6.07) is 3.65. The van der Waals surface area contributed by atoms with Crippen molar-refractivity contribution in [2.45, 2.75) is 39.0 Å². The molecule has 1 aliphatic carbocycles. The van der Waals surface area contributed by atoms with Gasteiger partial charge in [-0.15, -0.1) is 0 Å². The Kier molecular flexibility index (Phi) is 3.67. The molecule has 0 aliphatic heterocycles. The first kappa shape index (κ1) is 13.8. The van der Waals surface area contributed by atoms with Crippen LogP contribution in [0.25, 0.3) is 10.9 Å². The highest BCUT2D eigenvalue weighted by atomic mass is 79.9. The van der Waals surface area contributed by atoms with Gasteiger partial charge in [0.05, 0.1) is 9.99 Å². The van der Waals surface area contributed by atoms with E-state index in [2.05, 4.69) is 34.2 Å². The summed E-state index contributed by atoms with van der Waals surface area (Å²) < 4.78 is 14.5. The van der Waals surface area contributed by atoms with Gasteiger partial charge in [0.25, 0.3) is 0 Å². The van der Waals surface area contributed by atoms with Gasteiger partial charge in [-0.3, -0.25) is 4.98 Å². The molecule has 3 rings (SSSR count). The monoisotopic (exact) mass is 336 g/mol. The van der Waals surface area contributed by atoms with Crippen LogP contribution < -0.4 is 5.32 Å². The first-order chi connectivity index (χ1) is 9.61. The Bertz CT molecular complexity index is 665. The van der Waals surface area contributed by atoms with E-state index in [0.717, 1.165) is 40.8 Å². The van der Waals surface area contributed by atoms with Gasteiger partial charge in [0, 0.05) is 29.2 Å². The molecule has 20 heavy (non-hydrogen) atoms. The zero-order valence-corrected chi connectivity index (χ0v) is 13.3. The Labute approximate surface area is 126 Å². The third-order valence-electron chi connectivity index (χ3n) is 3.75. The number of hydrogen-bond acceptors (Lipinski definition) is 2. The predicted octanol–water partition coefficient (Wildman–Crippen LogP) is 5.14. The summed E-state index contributed by atoms with van der Waals surface area (Å²) >= 11 is 3.38. The molecule has 0 spiro atoms. The Balaban J connectivity index is 2.25. The maximum Gasteiger partial charge on any atom is 0.138 e. The molecule has 1 fully saturated rings. The fourth-order valence-electron chi connectivity index (χ4n) is 2.50. The molecule has 1 saturated carbocycles. The molecule has 2 nitrogen and oxygen atoms in total. The molecule has 0 amide bonds. The largest absolute Gasteiger partial charge is 0.384 e. The van der Waals surface area contributed by atoms with Gasteiger partial charge in [-0.05, 0) is 59.8 Å². The van der Waals surface area contributed by atoms with E-state index < -0.39 is 0 Å². The van der Waals surface area contributed by atoms with Gasteiger partial charge in [-0.2, -0.15) is 0 Å². The predicted molar refractivity (Wildman–Crippen MR) is 84.9 cm³/mol. The van der Waals surface area contributed by atoms with E-state index in [1.165, 1.54) is 12.8 Å². The van der Waals surface area contributed by atoms with E-state index in [1.54, 1.807) is 6.07 Å². The van der Waals surface area contributed by atoms with Crippen molar-refractivity contribution in [3.8, 4) is 0 Å². The number of halogens is 2. The zero-order chi connectivity index (χ0) is 14.3. The Morgan fingerprint density at radius 1 is 1.40 bits per heavy atom. The number of aryl methyl sites for hydroxylation is 1. The topological polar surface area (TPSA) is 24.9 Å². The summed E-state index contributed by atoms with van der Waals surface area (Å²) in [5.74, 6) is 0.361. The van der Waals surface area contributed by atoms with Crippen molar-refractivity contribution in [2.24, 2.45) is 0 Å². The number of rotatable bonds is 4. The van der Waals surface area contributed by atoms with Gasteiger partial charge in [0.15, 0.2) is 0 Å². The first-order valence-electron chi connectivity index (χ1n) is 7.15. The van der Waals surface area contributed by atoms with Crippen molar-refractivity contribution in [1.82, 2.24) is 4.98 Å². The summed E-state index contributed by atoms with van der Waals surface area (Å²) in [4.78, 5) is 4.77. The molecule has 1 aliphatic rings. The van der Waals surface area contributed by atoms with Gasteiger partial charge in [-0.1, -0.05) is 6.92 Å². The molecule has 106 valence electrons. The smallest absolute Gasteiger partial charge is 0.138 e. The number of hydrogen-bond donors (Lipinski definition) is 1. The van der Waals surface area contributed by atoms with Crippen molar-refractivity contribution < 1.29 is 4.39 Å². The fourth-order valence-corrected chi connectivity index (χ4v) is 3.02. The number of nitrogens with zero attached hydrogens (tertiary/aromatic N) is 1. The van der Waals surface area contributed by atoms with Crippen molar-refractivity contribution >= 4 is 32.5 Å². The molecule has 1 heterocycles. The summed E-state index contributed by atoms with van der Waals surface area (Å²) in [5.41, 5.74) is 3.93. The lowest BCUT2D eigenvalue weighted by Gasteiger charge is -2.14. The van der Waals surface area contributed by atoms with Crippen molar-refractivity contribution in [2.75, 3.05) is 11.9 Å². The average Bonchev–Trinajstić information content (AvgIpc) is 3.26. The molecule has 2 aromatic rings. The summed E-state index contributed by atoms with van der Waals surface area (Å²) in [7, 11) is 0. The molecule has 1 N–H and O–H groups in total. The molecular formula is C16H18BrFN2. The Morgan fingerprint density at radius 2 is 2.15 bits per heavy atom. The van der Waals surface area contributed by atoms with Crippen LogP contribution >= 0.6 is 15.9 Å². The SMILES string of the molecule is CCCNc1cc(C2CC2)nc2c(C)cc(F)c(Br)c12. The molecular weight excluding hydrogens is 319 g/mol. The van der Waals surface area contributed by atoms with Crippen molar-refractivity contribution in [1.29, 1.82) is 0 Å². The molecule has 0 atom stereocenters. The van der Waals surface area contributed by atoms with Gasteiger partial charge in [0.1, 0.15) is 5.82 Å². The Hall–Kier alpha value is -1.16. The quantitative estimate of drug-likeness (QED) is 0.835. The van der Waals surface area contributed by atoms with E-state index in [4.69, 9.17) is 4.98 Å². The summed E-state index contributed by atoms with van der Waals surface area (Å²) in [5, 5.41) is 4.28. The van der Waals surface area contributed by atoms with Gasteiger partial charge < -0.3 is 5.32 Å². The van der Waals surface area contributed by atoms with Gasteiger partial charge >= 0.3 is 0 Å². The lowest BCUT2D eigenvalue weighted by Crippen LogP contribution is -2.04. The number of aromatic nitrogens is 1. The van der Waals surface area contributed by atoms with Crippen LogP contribution in [-0.2, 0) is 0 Å². The van der Waals surface area contributed by atoms with Crippen molar-refractivity contribution in [3.63, 3.8) is 0 Å². The molecule has 4 heteroatoms. The number of benzene rings is 1. The molecule has 1 aromatic carbocycles. The average molecular weight is 337 g/mol. The normalized spacial score (nSPS) is 14.8. The summed E-state index contributed by atoms with van der Waals surface area (Å²) in [6.45, 7) is 4.93. The molecule has 0 bridgehead atoms. The highest BCUT2D eigenvalue weighted by molar-refractivity contribution is 9.10. The zero-order valence-electron chi connectivity index (χ0n) is 11.8. The van der Waals surface area contributed by atoms with Crippen LogP contribution in [0.1, 0.15) is 43.4 Å². The molecule has 0 radical (unpaired) electrons. The third-order valence-corrected chi connectivity index (χ3v) is 4.52. The van der Waals surface area contributed by atoms with Crippen LogP contribution in [0.4, 0.5) is 10.1 Å². The van der Waals surface area contributed by atoms with E-state index >= 15 is 0 Å². The van der Waals surface area contributed by atoms with Gasteiger partial charge in [-0.25, -0.2) is 4.39 Å². The van der Waals surface area contributed by atoms with Gasteiger partial charge in [0.2, 0.25) is 0 Å². The highest BCUT2D eigenvalue weighted by Crippen LogP contribution is 2.43. The lowest BCUT2D eigenvalue weighted by molar-refractivity contribution is 0.622. The van der Waals surface area contributed by atoms with Crippen LogP contribution in [0, 0.1) is 12.7 Å². The number of anilines is 1. The fraction of sp³-hybridized carbons (Fsp3) is 0.438. The number of fused-ring (bicyclic) bond motifs is 1. The maximum absolute atomic E-state index is 14.0. The van der Waals surface area contributed by atoms with Crippen LogP contribution in [-0.4, -0.2) is 11.5 Å².